The molecule has 1 N–H and O–H groups in total. The summed E-state index contributed by atoms with van der Waals surface area (Å²) in [5, 5.41) is 7.07. The Bertz CT molecular complexity index is 585. The molecule has 6 heteroatoms. The fourth-order valence-electron chi connectivity index (χ4n) is 2.35. The number of hydrogen-bond acceptors (Lipinski definition) is 6. The number of aryl methyl sites for hydroxylation is 2. The van der Waals surface area contributed by atoms with Gasteiger partial charge in [-0.3, -0.25) is 0 Å². The van der Waals surface area contributed by atoms with E-state index < -0.39 is 0 Å². The molecule has 3 rings (SSSR count). The predicted molar refractivity (Wildman–Crippen MR) is 69.9 cm³/mol. The summed E-state index contributed by atoms with van der Waals surface area (Å²) >= 11 is 0. The van der Waals surface area contributed by atoms with Crippen molar-refractivity contribution < 1.29 is 9.26 Å². The minimum absolute atomic E-state index is 0.563. The lowest BCUT2D eigenvalue weighted by molar-refractivity contribution is 0.109. The van der Waals surface area contributed by atoms with Gasteiger partial charge in [0.1, 0.15) is 11.6 Å². The van der Waals surface area contributed by atoms with E-state index in [9.17, 15) is 0 Å². The van der Waals surface area contributed by atoms with Gasteiger partial charge in [0.05, 0.1) is 30.2 Å². The molecular formula is C13H16N4O2. The first kappa shape index (κ1) is 12.1. The molecule has 19 heavy (non-hydrogen) atoms. The molecule has 0 spiro atoms. The molecule has 1 aliphatic rings. The second-order valence-electron chi connectivity index (χ2n) is 4.57. The molecule has 0 amide bonds. The molecule has 0 radical (unpaired) electrons. The van der Waals surface area contributed by atoms with Crippen molar-refractivity contribution in [2.45, 2.75) is 26.9 Å². The van der Waals surface area contributed by atoms with E-state index in [-0.39, 0.29) is 0 Å². The third-order valence-electron chi connectivity index (χ3n) is 3.32. The first-order valence-corrected chi connectivity index (χ1v) is 6.29. The minimum atomic E-state index is 0.563. The molecule has 0 unspecified atom stereocenters. The van der Waals surface area contributed by atoms with Gasteiger partial charge in [0, 0.05) is 19.0 Å². The third kappa shape index (κ3) is 1.98. The Morgan fingerprint density at radius 2 is 2.05 bits per heavy atom. The first-order chi connectivity index (χ1) is 9.20. The Hall–Kier alpha value is -1.95. The Balaban J connectivity index is 2.18. The van der Waals surface area contributed by atoms with Crippen LogP contribution >= 0.6 is 0 Å². The summed E-state index contributed by atoms with van der Waals surface area (Å²) in [6.07, 6.45) is 0.808. The molecule has 100 valence electrons. The van der Waals surface area contributed by atoms with Gasteiger partial charge in [-0.15, -0.1) is 0 Å². The van der Waals surface area contributed by atoms with Crippen LogP contribution in [0.2, 0.25) is 0 Å². The van der Waals surface area contributed by atoms with E-state index >= 15 is 0 Å². The Morgan fingerprint density at radius 3 is 2.74 bits per heavy atom. The molecule has 1 aliphatic heterocycles. The van der Waals surface area contributed by atoms with Crippen molar-refractivity contribution in [2.75, 3.05) is 19.0 Å². The predicted octanol–water partition coefficient (Wildman–Crippen LogP) is 1.86. The molecule has 0 aliphatic carbocycles. The van der Waals surface area contributed by atoms with E-state index in [0.29, 0.717) is 19.0 Å². The smallest absolute Gasteiger partial charge is 0.167 e. The van der Waals surface area contributed by atoms with E-state index in [1.165, 1.54) is 0 Å². The van der Waals surface area contributed by atoms with Crippen molar-refractivity contribution in [3.63, 3.8) is 0 Å². The second-order valence-corrected chi connectivity index (χ2v) is 4.57. The van der Waals surface area contributed by atoms with Crippen LogP contribution in [-0.4, -0.2) is 28.8 Å². The highest BCUT2D eigenvalue weighted by molar-refractivity contribution is 5.63. The van der Waals surface area contributed by atoms with Crippen molar-refractivity contribution in [1.82, 2.24) is 15.1 Å². The van der Waals surface area contributed by atoms with Crippen molar-refractivity contribution >= 4 is 5.82 Å². The Labute approximate surface area is 111 Å². The van der Waals surface area contributed by atoms with Crippen LogP contribution in [-0.2, 0) is 17.8 Å². The Kier molecular flexibility index (Phi) is 2.94. The highest BCUT2D eigenvalue weighted by atomic mass is 16.5. The van der Waals surface area contributed by atoms with Crippen molar-refractivity contribution in [2.24, 2.45) is 0 Å². The molecule has 0 atom stereocenters. The second kappa shape index (κ2) is 4.62. The van der Waals surface area contributed by atoms with Gasteiger partial charge >= 0.3 is 0 Å². The quantitative estimate of drug-likeness (QED) is 0.888. The Morgan fingerprint density at radius 1 is 1.21 bits per heavy atom. The zero-order valence-electron chi connectivity index (χ0n) is 11.3. The number of nitrogens with zero attached hydrogens (tertiary/aromatic N) is 3. The van der Waals surface area contributed by atoms with Gasteiger partial charge < -0.3 is 14.6 Å². The van der Waals surface area contributed by atoms with Gasteiger partial charge in [0.2, 0.25) is 0 Å². The molecule has 0 saturated heterocycles. The van der Waals surface area contributed by atoms with Gasteiger partial charge in [-0.25, -0.2) is 9.97 Å². The van der Waals surface area contributed by atoms with Crippen LogP contribution in [0.15, 0.2) is 4.52 Å². The van der Waals surface area contributed by atoms with Crippen molar-refractivity contribution in [3.05, 3.63) is 22.7 Å². The first-order valence-electron chi connectivity index (χ1n) is 6.29. The normalized spacial score (nSPS) is 14.3. The van der Waals surface area contributed by atoms with E-state index in [0.717, 1.165) is 40.5 Å². The summed E-state index contributed by atoms with van der Waals surface area (Å²) in [6.45, 7) is 5.04. The van der Waals surface area contributed by atoms with Crippen LogP contribution in [0.5, 0.6) is 0 Å². The van der Waals surface area contributed by atoms with Gasteiger partial charge in [-0.1, -0.05) is 5.16 Å². The SMILES string of the molecule is CNc1nc(-c2c(C)noc2C)nc2c1COCC2. The van der Waals surface area contributed by atoms with Crippen LogP contribution in [0.25, 0.3) is 11.4 Å². The average Bonchev–Trinajstić information content (AvgIpc) is 2.77. The largest absolute Gasteiger partial charge is 0.376 e. The highest BCUT2D eigenvalue weighted by Gasteiger charge is 2.21. The zero-order chi connectivity index (χ0) is 13.4. The number of hydrogen-bond donors (Lipinski definition) is 1. The van der Waals surface area contributed by atoms with Crippen molar-refractivity contribution in [3.8, 4) is 11.4 Å². The standard InChI is InChI=1S/C13H16N4O2/c1-7-11(8(2)19-17-7)13-15-10-4-5-18-6-9(10)12(14-3)16-13/h4-6H2,1-3H3,(H,14,15,16). The lowest BCUT2D eigenvalue weighted by atomic mass is 10.1. The minimum Gasteiger partial charge on any atom is -0.376 e. The summed E-state index contributed by atoms with van der Waals surface area (Å²) < 4.78 is 10.7. The maximum Gasteiger partial charge on any atom is 0.167 e. The fraction of sp³-hybridized carbons (Fsp3) is 0.462. The van der Waals surface area contributed by atoms with Gasteiger partial charge in [0.15, 0.2) is 5.82 Å². The molecule has 2 aromatic heterocycles. The molecule has 2 aromatic rings. The number of rotatable bonds is 2. The summed E-state index contributed by atoms with van der Waals surface area (Å²) in [5.41, 5.74) is 3.78. The van der Waals surface area contributed by atoms with Crippen LogP contribution in [0, 0.1) is 13.8 Å². The molecule has 0 saturated carbocycles. The zero-order valence-corrected chi connectivity index (χ0v) is 11.3. The summed E-state index contributed by atoms with van der Waals surface area (Å²) in [4.78, 5) is 9.22. The number of anilines is 1. The summed E-state index contributed by atoms with van der Waals surface area (Å²) in [5.74, 6) is 2.23. The topological polar surface area (TPSA) is 73.1 Å². The molecule has 0 bridgehead atoms. The van der Waals surface area contributed by atoms with Crippen LogP contribution < -0.4 is 5.32 Å². The molecule has 0 aromatic carbocycles. The van der Waals surface area contributed by atoms with E-state index in [4.69, 9.17) is 9.26 Å². The van der Waals surface area contributed by atoms with Crippen LogP contribution in [0.4, 0.5) is 5.82 Å². The maximum atomic E-state index is 5.47. The molecule has 6 nitrogen and oxygen atoms in total. The monoisotopic (exact) mass is 260 g/mol. The summed E-state index contributed by atoms with van der Waals surface area (Å²) in [6, 6.07) is 0. The lowest BCUT2D eigenvalue weighted by Crippen LogP contribution is -2.16. The van der Waals surface area contributed by atoms with Crippen molar-refractivity contribution in [1.29, 1.82) is 0 Å². The molecule has 3 heterocycles. The van der Waals surface area contributed by atoms with Gasteiger partial charge in [-0.05, 0) is 13.8 Å². The lowest BCUT2D eigenvalue weighted by Gasteiger charge is -2.19. The maximum absolute atomic E-state index is 5.47. The fourth-order valence-corrected chi connectivity index (χ4v) is 2.35. The summed E-state index contributed by atoms with van der Waals surface area (Å²) in [7, 11) is 1.86. The number of aromatic nitrogens is 3. The number of fused-ring (bicyclic) bond motifs is 1. The van der Waals surface area contributed by atoms with Crippen LogP contribution in [0.1, 0.15) is 22.7 Å². The molecule has 0 fully saturated rings. The van der Waals surface area contributed by atoms with Gasteiger partial charge in [-0.2, -0.15) is 0 Å². The van der Waals surface area contributed by atoms with E-state index in [1.807, 2.05) is 20.9 Å². The van der Waals surface area contributed by atoms with Gasteiger partial charge in [0.25, 0.3) is 0 Å². The third-order valence-corrected chi connectivity index (χ3v) is 3.32. The van der Waals surface area contributed by atoms with Crippen LogP contribution in [0.3, 0.4) is 0 Å². The van der Waals surface area contributed by atoms with E-state index in [2.05, 4.69) is 20.4 Å². The van der Waals surface area contributed by atoms with E-state index in [1.54, 1.807) is 0 Å². The molecular weight excluding hydrogens is 244 g/mol. The average molecular weight is 260 g/mol. The number of nitrogens with one attached hydrogen (secondary N) is 1. The highest BCUT2D eigenvalue weighted by Crippen LogP contribution is 2.29. The number of ether oxygens (including phenoxy) is 1.